The van der Waals surface area contributed by atoms with Gasteiger partial charge in [-0.1, -0.05) is 42.0 Å². The molecule has 10 heteroatoms. The van der Waals surface area contributed by atoms with Gasteiger partial charge in [0, 0.05) is 38.3 Å². The zero-order chi connectivity index (χ0) is 27.6. The zero-order valence-electron chi connectivity index (χ0n) is 22.6. The maximum atomic E-state index is 13.6. The fourth-order valence-electron chi connectivity index (χ4n) is 5.59. The second kappa shape index (κ2) is 10.9. The van der Waals surface area contributed by atoms with Crippen LogP contribution >= 0.6 is 0 Å². The Balaban J connectivity index is 1.36. The molecule has 3 aromatic heterocycles. The number of amides is 1. The number of nitrogens with one attached hydrogen (secondary N) is 1. The van der Waals surface area contributed by atoms with E-state index in [0.717, 1.165) is 28.5 Å². The van der Waals surface area contributed by atoms with Crippen LogP contribution in [0.3, 0.4) is 0 Å². The van der Waals surface area contributed by atoms with E-state index in [0.29, 0.717) is 49.9 Å². The number of benzene rings is 2. The van der Waals surface area contributed by atoms with Crippen molar-refractivity contribution in [3.8, 4) is 0 Å². The number of aromatic nitrogens is 5. The lowest BCUT2D eigenvalue weighted by Crippen LogP contribution is -2.50. The molecule has 1 saturated heterocycles. The van der Waals surface area contributed by atoms with Crippen molar-refractivity contribution in [2.45, 2.75) is 32.9 Å². The molecule has 0 bridgehead atoms. The monoisotopic (exact) mass is 537 g/mol. The van der Waals surface area contributed by atoms with Gasteiger partial charge in [-0.05, 0) is 71.5 Å². The Hall–Kier alpha value is -4.57. The minimum Gasteiger partial charge on any atom is -0.459 e. The van der Waals surface area contributed by atoms with E-state index in [-0.39, 0.29) is 11.5 Å². The van der Waals surface area contributed by atoms with E-state index < -0.39 is 6.04 Å². The molecule has 2 aromatic carbocycles. The third kappa shape index (κ3) is 5.05. The molecule has 5 aromatic rings. The van der Waals surface area contributed by atoms with Gasteiger partial charge in [0.1, 0.15) is 6.04 Å². The van der Waals surface area contributed by atoms with Crippen molar-refractivity contribution >= 4 is 16.8 Å². The van der Waals surface area contributed by atoms with E-state index in [1.165, 1.54) is 11.8 Å². The van der Waals surface area contributed by atoms with Gasteiger partial charge in [-0.2, -0.15) is 0 Å². The Labute approximate surface area is 231 Å². The summed E-state index contributed by atoms with van der Waals surface area (Å²) in [5.41, 5.74) is 4.57. The Morgan fingerprint density at radius 1 is 1.02 bits per heavy atom. The molecule has 1 N–H and O–H groups in total. The van der Waals surface area contributed by atoms with Gasteiger partial charge in [-0.3, -0.25) is 14.5 Å². The minimum atomic E-state index is -0.486. The van der Waals surface area contributed by atoms with Crippen molar-refractivity contribution in [3.05, 3.63) is 111 Å². The minimum absolute atomic E-state index is 0.136. The summed E-state index contributed by atoms with van der Waals surface area (Å²) in [6, 6.07) is 19.2. The number of aromatic amines is 1. The van der Waals surface area contributed by atoms with E-state index in [9.17, 15) is 9.59 Å². The summed E-state index contributed by atoms with van der Waals surface area (Å²) in [7, 11) is 0. The number of hydrogen-bond acceptors (Lipinski definition) is 7. The predicted molar refractivity (Wildman–Crippen MR) is 150 cm³/mol. The summed E-state index contributed by atoms with van der Waals surface area (Å²) in [5.74, 6) is 0.797. The first kappa shape index (κ1) is 25.7. The molecular weight excluding hydrogens is 506 g/mol. The molecule has 40 heavy (non-hydrogen) atoms. The number of carbonyl (C=O) groups is 1. The van der Waals surface area contributed by atoms with Gasteiger partial charge in [-0.15, -0.1) is 5.10 Å². The highest BCUT2D eigenvalue weighted by Gasteiger charge is 2.34. The quantitative estimate of drug-likeness (QED) is 0.338. The molecule has 204 valence electrons. The van der Waals surface area contributed by atoms with Crippen LogP contribution in [-0.2, 0) is 13.0 Å². The van der Waals surface area contributed by atoms with Gasteiger partial charge in [0.2, 0.25) is 0 Å². The maximum Gasteiger partial charge on any atom is 0.289 e. The molecule has 1 atom stereocenters. The van der Waals surface area contributed by atoms with Crippen LogP contribution in [0.4, 0.5) is 0 Å². The van der Waals surface area contributed by atoms with Gasteiger partial charge >= 0.3 is 0 Å². The first-order valence-corrected chi connectivity index (χ1v) is 13.5. The van der Waals surface area contributed by atoms with Crippen molar-refractivity contribution in [2.24, 2.45) is 0 Å². The largest absolute Gasteiger partial charge is 0.459 e. The van der Waals surface area contributed by atoms with Crippen LogP contribution < -0.4 is 5.56 Å². The molecule has 6 rings (SSSR count). The number of pyridine rings is 1. The number of fused-ring (bicyclic) bond motifs is 1. The zero-order valence-corrected chi connectivity index (χ0v) is 22.6. The van der Waals surface area contributed by atoms with Crippen LogP contribution in [0.25, 0.3) is 10.9 Å². The lowest BCUT2D eigenvalue weighted by molar-refractivity contribution is 0.0558. The third-order valence-corrected chi connectivity index (χ3v) is 7.57. The molecule has 0 unspecified atom stereocenters. The van der Waals surface area contributed by atoms with Crippen molar-refractivity contribution in [2.75, 3.05) is 26.2 Å². The molecule has 1 aliphatic heterocycles. The summed E-state index contributed by atoms with van der Waals surface area (Å²) in [4.78, 5) is 33.6. The Morgan fingerprint density at radius 2 is 1.82 bits per heavy atom. The van der Waals surface area contributed by atoms with Gasteiger partial charge in [0.05, 0.1) is 11.8 Å². The van der Waals surface area contributed by atoms with Gasteiger partial charge in [0.15, 0.2) is 11.6 Å². The molecule has 0 aliphatic carbocycles. The van der Waals surface area contributed by atoms with Crippen LogP contribution in [0.15, 0.2) is 76.1 Å². The van der Waals surface area contributed by atoms with Gasteiger partial charge in [0.25, 0.3) is 11.5 Å². The number of nitrogens with zero attached hydrogens (tertiary/aromatic N) is 6. The standard InChI is InChI=1S/C30H31N7O3/c1-20-17-21(2)26-23(18-20)19-24(29(38)31-26)27(28-32-33-34-37(28)11-10-22-7-4-3-5-8-22)35-12-14-36(15-13-35)30(39)25-9-6-16-40-25/h3-9,16-19,27H,10-15H2,1-2H3,(H,31,38)/t27-/m0/s1. The highest BCUT2D eigenvalue weighted by atomic mass is 16.3. The number of hydrogen-bond donors (Lipinski definition) is 1. The number of aryl methyl sites for hydroxylation is 4. The topological polar surface area (TPSA) is 113 Å². The lowest BCUT2D eigenvalue weighted by atomic mass is 10.00. The number of piperazine rings is 1. The van der Waals surface area contributed by atoms with Gasteiger partial charge in [-0.25, -0.2) is 4.68 Å². The molecule has 0 radical (unpaired) electrons. The van der Waals surface area contributed by atoms with Crippen molar-refractivity contribution < 1.29 is 9.21 Å². The molecule has 0 saturated carbocycles. The van der Waals surface area contributed by atoms with Crippen molar-refractivity contribution in [1.82, 2.24) is 35.0 Å². The molecule has 10 nitrogen and oxygen atoms in total. The Bertz CT molecular complexity index is 1680. The highest BCUT2D eigenvalue weighted by molar-refractivity contribution is 5.91. The van der Waals surface area contributed by atoms with E-state index in [1.807, 2.05) is 38.1 Å². The maximum absolute atomic E-state index is 13.6. The molecule has 0 spiro atoms. The van der Waals surface area contributed by atoms with E-state index in [1.54, 1.807) is 21.7 Å². The van der Waals surface area contributed by atoms with Crippen LogP contribution in [-0.4, -0.2) is 67.1 Å². The molecule has 1 aliphatic rings. The van der Waals surface area contributed by atoms with Crippen LogP contribution in [0, 0.1) is 13.8 Å². The predicted octanol–water partition coefficient (Wildman–Crippen LogP) is 3.51. The summed E-state index contributed by atoms with van der Waals surface area (Å²) in [5, 5.41) is 13.7. The second-order valence-corrected chi connectivity index (χ2v) is 10.3. The molecular formula is C30H31N7O3. The van der Waals surface area contributed by atoms with E-state index in [4.69, 9.17) is 4.42 Å². The number of H-pyrrole nitrogens is 1. The molecule has 1 fully saturated rings. The summed E-state index contributed by atoms with van der Waals surface area (Å²) >= 11 is 0. The van der Waals surface area contributed by atoms with Crippen LogP contribution in [0.5, 0.6) is 0 Å². The smallest absolute Gasteiger partial charge is 0.289 e. The Morgan fingerprint density at radius 3 is 2.58 bits per heavy atom. The van der Waals surface area contributed by atoms with E-state index in [2.05, 4.69) is 49.7 Å². The normalized spacial score (nSPS) is 15.0. The number of furan rings is 1. The first-order chi connectivity index (χ1) is 19.5. The highest BCUT2D eigenvalue weighted by Crippen LogP contribution is 2.29. The first-order valence-electron chi connectivity index (χ1n) is 13.5. The fraction of sp³-hybridized carbons (Fsp3) is 0.300. The summed E-state index contributed by atoms with van der Waals surface area (Å²) < 4.78 is 7.12. The third-order valence-electron chi connectivity index (χ3n) is 7.57. The average molecular weight is 538 g/mol. The summed E-state index contributed by atoms with van der Waals surface area (Å²) in [6.45, 7) is 6.70. The van der Waals surface area contributed by atoms with Crippen molar-refractivity contribution in [3.63, 3.8) is 0 Å². The summed E-state index contributed by atoms with van der Waals surface area (Å²) in [6.07, 6.45) is 2.26. The van der Waals surface area contributed by atoms with E-state index >= 15 is 0 Å². The second-order valence-electron chi connectivity index (χ2n) is 10.3. The van der Waals surface area contributed by atoms with Crippen molar-refractivity contribution in [1.29, 1.82) is 0 Å². The molecule has 1 amide bonds. The SMILES string of the molecule is Cc1cc(C)c2[nH]c(=O)c([C@@H](c3nnnn3CCc3ccccc3)N3CCN(C(=O)c4ccco4)CC3)cc2c1. The number of rotatable bonds is 7. The van der Waals surface area contributed by atoms with Crippen LogP contribution in [0.1, 0.15) is 44.7 Å². The fourth-order valence-corrected chi connectivity index (χ4v) is 5.59. The Kier molecular flexibility index (Phi) is 7.00. The molecule has 4 heterocycles. The average Bonchev–Trinajstić information content (AvgIpc) is 3.66. The van der Waals surface area contributed by atoms with Crippen LogP contribution in [0.2, 0.25) is 0 Å². The lowest BCUT2D eigenvalue weighted by Gasteiger charge is -2.38. The van der Waals surface area contributed by atoms with Gasteiger partial charge < -0.3 is 14.3 Å². The number of carbonyl (C=O) groups excluding carboxylic acids is 1. The number of tetrazole rings is 1.